The standard InChI is InChI=1S/C22H23N5O2/c1-16-7-5-6-10-19(16)21(28)24-17-11-13-26(14-12-17)22(29)20-23-15-27(25-20)18-8-3-2-4-9-18/h2-10,15,17H,11-14H2,1H3,(H,24,28). The van der Waals surface area contributed by atoms with Crippen molar-refractivity contribution in [3.8, 4) is 5.69 Å². The molecule has 1 fully saturated rings. The molecule has 0 saturated carbocycles. The van der Waals surface area contributed by atoms with E-state index in [1.165, 1.54) is 0 Å². The molecule has 148 valence electrons. The molecule has 3 aromatic rings. The second-order valence-corrected chi connectivity index (χ2v) is 7.20. The fraction of sp³-hybridized carbons (Fsp3) is 0.273. The Kier molecular flexibility index (Phi) is 5.37. The van der Waals surface area contributed by atoms with Gasteiger partial charge >= 0.3 is 0 Å². The molecule has 1 N–H and O–H groups in total. The Morgan fingerprint density at radius 1 is 1.00 bits per heavy atom. The van der Waals surface area contributed by atoms with Crippen LogP contribution in [-0.2, 0) is 0 Å². The first-order chi connectivity index (χ1) is 14.1. The van der Waals surface area contributed by atoms with Gasteiger partial charge in [-0.25, -0.2) is 9.67 Å². The fourth-order valence-electron chi connectivity index (χ4n) is 3.53. The SMILES string of the molecule is Cc1ccccc1C(=O)NC1CCN(C(=O)c2ncn(-c3ccccc3)n2)CC1. The highest BCUT2D eigenvalue weighted by atomic mass is 16.2. The first-order valence-corrected chi connectivity index (χ1v) is 9.74. The molecule has 7 nitrogen and oxygen atoms in total. The summed E-state index contributed by atoms with van der Waals surface area (Å²) in [5, 5.41) is 7.41. The second-order valence-electron chi connectivity index (χ2n) is 7.20. The minimum atomic E-state index is -0.177. The summed E-state index contributed by atoms with van der Waals surface area (Å²) in [6.07, 6.45) is 2.98. The molecule has 1 aliphatic rings. The highest BCUT2D eigenvalue weighted by molar-refractivity contribution is 5.95. The van der Waals surface area contributed by atoms with Crippen molar-refractivity contribution >= 4 is 11.8 Å². The van der Waals surface area contributed by atoms with Gasteiger partial charge in [0.05, 0.1) is 5.69 Å². The van der Waals surface area contributed by atoms with E-state index < -0.39 is 0 Å². The van der Waals surface area contributed by atoms with Crippen LogP contribution in [0, 0.1) is 6.92 Å². The second kappa shape index (κ2) is 8.26. The maximum atomic E-state index is 12.7. The fourth-order valence-corrected chi connectivity index (χ4v) is 3.53. The zero-order chi connectivity index (χ0) is 20.2. The Balaban J connectivity index is 1.34. The molecule has 2 heterocycles. The largest absolute Gasteiger partial charge is 0.349 e. The summed E-state index contributed by atoms with van der Waals surface area (Å²) in [7, 11) is 0. The Bertz CT molecular complexity index is 1010. The van der Waals surface area contributed by atoms with E-state index in [1.807, 2.05) is 61.5 Å². The van der Waals surface area contributed by atoms with Crippen molar-refractivity contribution in [2.45, 2.75) is 25.8 Å². The summed E-state index contributed by atoms with van der Waals surface area (Å²) in [4.78, 5) is 31.2. The number of piperidine rings is 1. The number of rotatable bonds is 4. The molecule has 0 atom stereocenters. The van der Waals surface area contributed by atoms with Crippen LogP contribution in [0.15, 0.2) is 60.9 Å². The molecule has 0 aliphatic carbocycles. The number of carbonyl (C=O) groups is 2. The lowest BCUT2D eigenvalue weighted by Crippen LogP contribution is -2.46. The number of benzene rings is 2. The van der Waals surface area contributed by atoms with Crippen molar-refractivity contribution in [1.82, 2.24) is 25.0 Å². The summed E-state index contributed by atoms with van der Waals surface area (Å²) in [5.74, 6) is -0.0456. The number of para-hydroxylation sites is 1. The summed E-state index contributed by atoms with van der Waals surface area (Å²) in [5.41, 5.74) is 2.51. The Hall–Kier alpha value is -3.48. The van der Waals surface area contributed by atoms with Gasteiger partial charge < -0.3 is 10.2 Å². The number of nitrogens with zero attached hydrogens (tertiary/aromatic N) is 4. The van der Waals surface area contributed by atoms with Crippen molar-refractivity contribution in [3.05, 3.63) is 77.9 Å². The molecule has 0 unspecified atom stereocenters. The summed E-state index contributed by atoms with van der Waals surface area (Å²) in [6.45, 7) is 3.06. The van der Waals surface area contributed by atoms with Crippen LogP contribution in [0.5, 0.6) is 0 Å². The molecule has 2 aromatic carbocycles. The molecular formula is C22H23N5O2. The first-order valence-electron chi connectivity index (χ1n) is 9.74. The van der Waals surface area contributed by atoms with Gasteiger partial charge in [-0.2, -0.15) is 0 Å². The molecule has 0 radical (unpaired) electrons. The Labute approximate surface area is 169 Å². The molecule has 1 aromatic heterocycles. The van der Waals surface area contributed by atoms with Gasteiger partial charge in [-0.05, 0) is 43.5 Å². The molecule has 29 heavy (non-hydrogen) atoms. The van der Waals surface area contributed by atoms with Gasteiger partial charge in [0.1, 0.15) is 6.33 Å². The van der Waals surface area contributed by atoms with Crippen LogP contribution in [0.1, 0.15) is 39.4 Å². The highest BCUT2D eigenvalue weighted by Gasteiger charge is 2.27. The molecule has 2 amide bonds. The molecule has 1 aliphatic heterocycles. The van der Waals surface area contributed by atoms with Crippen molar-refractivity contribution in [2.75, 3.05) is 13.1 Å². The predicted octanol–water partition coefficient (Wildman–Crippen LogP) is 2.61. The number of aryl methyl sites for hydroxylation is 1. The van der Waals surface area contributed by atoms with Gasteiger partial charge in [0, 0.05) is 24.7 Å². The minimum absolute atomic E-state index is 0.0565. The molecule has 1 saturated heterocycles. The molecule has 4 rings (SSSR count). The average molecular weight is 389 g/mol. The lowest BCUT2D eigenvalue weighted by molar-refractivity contribution is 0.0686. The Morgan fingerprint density at radius 3 is 2.41 bits per heavy atom. The minimum Gasteiger partial charge on any atom is -0.349 e. The van der Waals surface area contributed by atoms with E-state index in [-0.39, 0.29) is 23.7 Å². The topological polar surface area (TPSA) is 80.1 Å². The lowest BCUT2D eigenvalue weighted by Gasteiger charge is -2.31. The summed E-state index contributed by atoms with van der Waals surface area (Å²) >= 11 is 0. The van der Waals surface area contributed by atoms with Gasteiger partial charge in [0.25, 0.3) is 11.8 Å². The zero-order valence-corrected chi connectivity index (χ0v) is 16.3. The van der Waals surface area contributed by atoms with Crippen molar-refractivity contribution < 1.29 is 9.59 Å². The van der Waals surface area contributed by atoms with Crippen LogP contribution in [0.25, 0.3) is 5.69 Å². The number of carbonyl (C=O) groups excluding carboxylic acids is 2. The Morgan fingerprint density at radius 2 is 1.69 bits per heavy atom. The van der Waals surface area contributed by atoms with E-state index in [0.29, 0.717) is 31.5 Å². The van der Waals surface area contributed by atoms with Crippen LogP contribution in [0.2, 0.25) is 0 Å². The number of amides is 2. The maximum Gasteiger partial charge on any atom is 0.293 e. The quantitative estimate of drug-likeness (QED) is 0.744. The van der Waals surface area contributed by atoms with E-state index in [0.717, 1.165) is 11.3 Å². The van der Waals surface area contributed by atoms with E-state index in [9.17, 15) is 9.59 Å². The third kappa shape index (κ3) is 4.18. The molecule has 0 spiro atoms. The summed E-state index contributed by atoms with van der Waals surface area (Å²) in [6, 6.07) is 17.2. The third-order valence-corrected chi connectivity index (χ3v) is 5.21. The van der Waals surface area contributed by atoms with Gasteiger partial charge in [-0.15, -0.1) is 5.10 Å². The number of hydrogen-bond acceptors (Lipinski definition) is 4. The first kappa shape index (κ1) is 18.9. The number of hydrogen-bond donors (Lipinski definition) is 1. The molecular weight excluding hydrogens is 366 g/mol. The van der Waals surface area contributed by atoms with Crippen LogP contribution < -0.4 is 5.32 Å². The highest BCUT2D eigenvalue weighted by Crippen LogP contribution is 2.15. The van der Waals surface area contributed by atoms with Crippen LogP contribution in [0.4, 0.5) is 0 Å². The zero-order valence-electron chi connectivity index (χ0n) is 16.3. The number of aromatic nitrogens is 3. The molecule has 7 heteroatoms. The van der Waals surface area contributed by atoms with Crippen LogP contribution >= 0.6 is 0 Å². The third-order valence-electron chi connectivity index (χ3n) is 5.21. The van der Waals surface area contributed by atoms with Crippen molar-refractivity contribution in [2.24, 2.45) is 0 Å². The molecule has 0 bridgehead atoms. The van der Waals surface area contributed by atoms with E-state index in [1.54, 1.807) is 15.9 Å². The van der Waals surface area contributed by atoms with Crippen LogP contribution in [-0.4, -0.2) is 50.6 Å². The van der Waals surface area contributed by atoms with Crippen molar-refractivity contribution in [3.63, 3.8) is 0 Å². The van der Waals surface area contributed by atoms with E-state index in [2.05, 4.69) is 15.4 Å². The van der Waals surface area contributed by atoms with Crippen molar-refractivity contribution in [1.29, 1.82) is 0 Å². The van der Waals surface area contributed by atoms with Gasteiger partial charge in [0.2, 0.25) is 5.82 Å². The van der Waals surface area contributed by atoms with E-state index >= 15 is 0 Å². The number of nitrogens with one attached hydrogen (secondary N) is 1. The maximum absolute atomic E-state index is 12.7. The van der Waals surface area contributed by atoms with Gasteiger partial charge in [-0.3, -0.25) is 9.59 Å². The van der Waals surface area contributed by atoms with Crippen LogP contribution in [0.3, 0.4) is 0 Å². The lowest BCUT2D eigenvalue weighted by atomic mass is 10.0. The van der Waals surface area contributed by atoms with Gasteiger partial charge in [0.15, 0.2) is 0 Å². The van der Waals surface area contributed by atoms with Gasteiger partial charge in [-0.1, -0.05) is 36.4 Å². The average Bonchev–Trinajstić information content (AvgIpc) is 3.25. The normalized spacial score (nSPS) is 14.6. The predicted molar refractivity (Wildman–Crippen MR) is 109 cm³/mol. The number of likely N-dealkylation sites (tertiary alicyclic amines) is 1. The van der Waals surface area contributed by atoms with E-state index in [4.69, 9.17) is 0 Å². The smallest absolute Gasteiger partial charge is 0.293 e. The summed E-state index contributed by atoms with van der Waals surface area (Å²) < 4.78 is 1.60. The monoisotopic (exact) mass is 389 g/mol.